The first-order chi connectivity index (χ1) is 10.7. The minimum atomic E-state index is -4.70. The van der Waals surface area contributed by atoms with E-state index in [-0.39, 0.29) is 29.9 Å². The van der Waals surface area contributed by atoms with Crippen LogP contribution in [-0.4, -0.2) is 38.4 Å². The van der Waals surface area contributed by atoms with E-state index in [0.717, 1.165) is 12.1 Å². The van der Waals surface area contributed by atoms with Crippen LogP contribution >= 0.6 is 24.0 Å². The Balaban J connectivity index is 0.00000288. The van der Waals surface area contributed by atoms with Crippen molar-refractivity contribution in [1.82, 2.24) is 9.62 Å². The van der Waals surface area contributed by atoms with Crippen LogP contribution in [0.1, 0.15) is 25.3 Å². The zero-order chi connectivity index (χ0) is 17.3. The van der Waals surface area contributed by atoms with Crippen LogP contribution in [-0.2, 0) is 16.2 Å². The Morgan fingerprint density at radius 2 is 2.04 bits per heavy atom. The molecule has 1 saturated heterocycles. The fourth-order valence-electron chi connectivity index (χ4n) is 2.62. The minimum absolute atomic E-state index is 0. The lowest BCUT2D eigenvalue weighted by Gasteiger charge is -2.27. The number of hydrogen-bond donors (Lipinski definition) is 1. The van der Waals surface area contributed by atoms with Gasteiger partial charge in [0.15, 0.2) is 0 Å². The van der Waals surface area contributed by atoms with Gasteiger partial charge in [0, 0.05) is 19.1 Å². The molecule has 24 heavy (non-hydrogen) atoms. The van der Waals surface area contributed by atoms with Gasteiger partial charge in [-0.25, -0.2) is 8.42 Å². The highest BCUT2D eigenvalue weighted by Crippen LogP contribution is 2.36. The molecule has 1 unspecified atom stereocenters. The van der Waals surface area contributed by atoms with Gasteiger partial charge < -0.3 is 5.32 Å². The molecule has 0 spiro atoms. The smallest absolute Gasteiger partial charge is 0.315 e. The van der Waals surface area contributed by atoms with Gasteiger partial charge in [0.05, 0.1) is 15.5 Å². The van der Waals surface area contributed by atoms with Crippen LogP contribution in [0.3, 0.4) is 0 Å². The average Bonchev–Trinajstić information content (AvgIpc) is 2.97. The summed E-state index contributed by atoms with van der Waals surface area (Å²) >= 11 is 5.56. The van der Waals surface area contributed by atoms with Crippen LogP contribution in [0, 0.1) is 0 Å². The Labute approximate surface area is 150 Å². The minimum Gasteiger partial charge on any atom is -0.315 e. The lowest BCUT2D eigenvalue weighted by molar-refractivity contribution is -0.137. The number of rotatable bonds is 5. The summed E-state index contributed by atoms with van der Waals surface area (Å²) in [5.41, 5.74) is -1.14. The SMILES string of the molecule is CCCN(C1CCNC1)S(=O)(=O)c1ccc(Cl)c(C(F)(F)F)c1.Cl. The second-order valence-electron chi connectivity index (χ2n) is 5.40. The van der Waals surface area contributed by atoms with Gasteiger partial charge in [-0.2, -0.15) is 17.5 Å². The van der Waals surface area contributed by atoms with E-state index in [2.05, 4.69) is 5.32 Å². The molecule has 1 heterocycles. The van der Waals surface area contributed by atoms with Crippen molar-refractivity contribution in [2.45, 2.75) is 36.9 Å². The number of nitrogens with one attached hydrogen (secondary N) is 1. The molecule has 0 bridgehead atoms. The number of alkyl halides is 3. The van der Waals surface area contributed by atoms with Crippen LogP contribution in [0.2, 0.25) is 5.02 Å². The number of halogens is 5. The van der Waals surface area contributed by atoms with Crippen LogP contribution < -0.4 is 5.32 Å². The normalized spacial score (nSPS) is 18.7. The van der Waals surface area contributed by atoms with Crippen molar-refractivity contribution < 1.29 is 21.6 Å². The van der Waals surface area contributed by atoms with Gasteiger partial charge in [0.2, 0.25) is 10.0 Å². The monoisotopic (exact) mass is 406 g/mol. The standard InChI is InChI=1S/C14H18ClF3N2O2S.ClH/c1-2-7-20(10-5-6-19-9-10)23(21,22)11-3-4-13(15)12(8-11)14(16,17)18;/h3-4,8,10,19H,2,5-7,9H2,1H3;1H. The average molecular weight is 407 g/mol. The van der Waals surface area contributed by atoms with Crippen molar-refractivity contribution in [3.63, 3.8) is 0 Å². The lowest BCUT2D eigenvalue weighted by Crippen LogP contribution is -2.42. The molecule has 1 aliphatic heterocycles. The number of hydrogen-bond acceptors (Lipinski definition) is 3. The van der Waals surface area contributed by atoms with E-state index in [1.807, 2.05) is 6.92 Å². The van der Waals surface area contributed by atoms with E-state index in [9.17, 15) is 21.6 Å². The summed E-state index contributed by atoms with van der Waals surface area (Å²) in [4.78, 5) is -0.380. The van der Waals surface area contributed by atoms with E-state index in [4.69, 9.17) is 11.6 Å². The fraction of sp³-hybridized carbons (Fsp3) is 0.571. The van der Waals surface area contributed by atoms with E-state index >= 15 is 0 Å². The van der Waals surface area contributed by atoms with Gasteiger partial charge in [-0.1, -0.05) is 18.5 Å². The second-order valence-corrected chi connectivity index (χ2v) is 7.70. The third-order valence-corrected chi connectivity index (χ3v) is 6.01. The van der Waals surface area contributed by atoms with Gasteiger partial charge in [0.25, 0.3) is 0 Å². The Morgan fingerprint density at radius 1 is 1.38 bits per heavy atom. The summed E-state index contributed by atoms with van der Waals surface area (Å²) in [5.74, 6) is 0. The maximum atomic E-state index is 13.0. The molecule has 1 aromatic carbocycles. The van der Waals surface area contributed by atoms with Crippen molar-refractivity contribution in [2.75, 3.05) is 19.6 Å². The maximum Gasteiger partial charge on any atom is 0.417 e. The summed E-state index contributed by atoms with van der Waals surface area (Å²) in [6, 6.07) is 2.47. The van der Waals surface area contributed by atoms with Gasteiger partial charge in [-0.3, -0.25) is 0 Å². The van der Waals surface area contributed by atoms with Gasteiger partial charge >= 0.3 is 6.18 Å². The number of benzene rings is 1. The lowest BCUT2D eigenvalue weighted by atomic mass is 10.2. The van der Waals surface area contributed by atoms with Crippen molar-refractivity contribution in [3.8, 4) is 0 Å². The summed E-state index contributed by atoms with van der Waals surface area (Å²) < 4.78 is 65.8. The topological polar surface area (TPSA) is 49.4 Å². The molecule has 0 aromatic heterocycles. The third kappa shape index (κ3) is 4.54. The molecule has 1 atom stereocenters. The molecule has 1 aliphatic rings. The molecule has 0 aliphatic carbocycles. The number of sulfonamides is 1. The Bertz CT molecular complexity index is 662. The van der Waals surface area contributed by atoms with E-state index in [0.29, 0.717) is 32.0 Å². The zero-order valence-corrected chi connectivity index (χ0v) is 15.3. The van der Waals surface area contributed by atoms with Gasteiger partial charge in [0.1, 0.15) is 0 Å². The molecule has 0 radical (unpaired) electrons. The maximum absolute atomic E-state index is 13.0. The van der Waals surface area contributed by atoms with Crippen molar-refractivity contribution in [2.24, 2.45) is 0 Å². The van der Waals surface area contributed by atoms with Crippen LogP contribution in [0.15, 0.2) is 23.1 Å². The molecule has 1 fully saturated rings. The Morgan fingerprint density at radius 3 is 2.54 bits per heavy atom. The first-order valence-corrected chi connectivity index (χ1v) is 9.09. The van der Waals surface area contributed by atoms with Crippen molar-refractivity contribution in [3.05, 3.63) is 28.8 Å². The summed E-state index contributed by atoms with van der Waals surface area (Å²) in [6.07, 6.45) is -3.48. The van der Waals surface area contributed by atoms with Crippen LogP contribution in [0.4, 0.5) is 13.2 Å². The predicted molar refractivity (Wildman–Crippen MR) is 89.2 cm³/mol. The predicted octanol–water partition coefficient (Wildman–Crippen LogP) is 3.54. The first kappa shape index (κ1) is 21.5. The third-order valence-electron chi connectivity index (χ3n) is 3.74. The molecule has 4 nitrogen and oxygen atoms in total. The zero-order valence-electron chi connectivity index (χ0n) is 12.9. The molecule has 1 N–H and O–H groups in total. The molecule has 0 saturated carbocycles. The molecular formula is C14H19Cl2F3N2O2S. The molecule has 1 aromatic rings. The van der Waals surface area contributed by atoms with Crippen LogP contribution in [0.25, 0.3) is 0 Å². The molecular weight excluding hydrogens is 388 g/mol. The quantitative estimate of drug-likeness (QED) is 0.813. The largest absolute Gasteiger partial charge is 0.417 e. The van der Waals surface area contributed by atoms with E-state index in [1.54, 1.807) is 0 Å². The molecule has 2 rings (SSSR count). The van der Waals surface area contributed by atoms with Crippen molar-refractivity contribution >= 4 is 34.0 Å². The number of nitrogens with zero attached hydrogens (tertiary/aromatic N) is 1. The van der Waals surface area contributed by atoms with E-state index in [1.165, 1.54) is 4.31 Å². The second kappa shape index (κ2) is 8.23. The fourth-order valence-corrected chi connectivity index (χ4v) is 4.62. The highest BCUT2D eigenvalue weighted by Gasteiger charge is 2.37. The highest BCUT2D eigenvalue weighted by atomic mass is 35.5. The highest BCUT2D eigenvalue weighted by molar-refractivity contribution is 7.89. The molecule has 10 heteroatoms. The van der Waals surface area contributed by atoms with Crippen LogP contribution in [0.5, 0.6) is 0 Å². The Hall–Kier alpha value is -0.540. The van der Waals surface area contributed by atoms with Gasteiger partial charge in [-0.15, -0.1) is 12.4 Å². The van der Waals surface area contributed by atoms with Crippen molar-refractivity contribution in [1.29, 1.82) is 0 Å². The van der Waals surface area contributed by atoms with Gasteiger partial charge in [-0.05, 0) is 37.6 Å². The first-order valence-electron chi connectivity index (χ1n) is 7.27. The van der Waals surface area contributed by atoms with E-state index < -0.39 is 26.8 Å². The summed E-state index contributed by atoms with van der Waals surface area (Å²) in [6.45, 7) is 3.28. The molecule has 138 valence electrons. The summed E-state index contributed by atoms with van der Waals surface area (Å²) in [7, 11) is -4.01. The Kier molecular flexibility index (Phi) is 7.37. The molecule has 0 amide bonds. The summed E-state index contributed by atoms with van der Waals surface area (Å²) in [5, 5.41) is 2.56.